The summed E-state index contributed by atoms with van der Waals surface area (Å²) < 4.78 is 0. The van der Waals surface area contributed by atoms with Gasteiger partial charge < -0.3 is 5.32 Å². The van der Waals surface area contributed by atoms with Crippen LogP contribution >= 0.6 is 11.8 Å². The number of hydrogen-bond acceptors (Lipinski definition) is 2. The lowest BCUT2D eigenvalue weighted by Gasteiger charge is -2.25. The van der Waals surface area contributed by atoms with Crippen LogP contribution in [-0.4, -0.2) is 23.6 Å². The first-order valence-electron chi connectivity index (χ1n) is 7.73. The maximum absolute atomic E-state index is 3.78. The lowest BCUT2D eigenvalue weighted by atomic mass is 10.1. The van der Waals surface area contributed by atoms with E-state index in [9.17, 15) is 0 Å². The highest BCUT2D eigenvalue weighted by atomic mass is 32.2. The Morgan fingerprint density at radius 2 is 1.82 bits per heavy atom. The molecule has 0 aliphatic heterocycles. The molecule has 1 rings (SSSR count). The van der Waals surface area contributed by atoms with Crippen molar-refractivity contribution in [2.45, 2.75) is 82.9 Å². The largest absolute Gasteiger partial charge is 0.313 e. The zero-order valence-electron chi connectivity index (χ0n) is 11.8. The van der Waals surface area contributed by atoms with E-state index in [0.717, 1.165) is 11.3 Å². The van der Waals surface area contributed by atoms with E-state index in [0.29, 0.717) is 0 Å². The van der Waals surface area contributed by atoms with Gasteiger partial charge in [0.25, 0.3) is 0 Å². The van der Waals surface area contributed by atoms with Gasteiger partial charge in [-0.3, -0.25) is 0 Å². The molecule has 1 saturated carbocycles. The predicted octanol–water partition coefficient (Wildman–Crippen LogP) is 4.61. The summed E-state index contributed by atoms with van der Waals surface area (Å²) in [5.74, 6) is 1.38. The van der Waals surface area contributed by atoms with Gasteiger partial charge in [-0.2, -0.15) is 11.8 Å². The molecule has 0 aromatic rings. The second-order valence-corrected chi connectivity index (χ2v) is 6.66. The Balaban J connectivity index is 2.27. The van der Waals surface area contributed by atoms with Gasteiger partial charge in [0.2, 0.25) is 0 Å². The Kier molecular flexibility index (Phi) is 9.27. The molecule has 2 unspecified atom stereocenters. The first-order valence-corrected chi connectivity index (χ1v) is 8.78. The third-order valence-corrected chi connectivity index (χ3v) is 5.21. The summed E-state index contributed by atoms with van der Waals surface area (Å²) in [5, 5.41) is 4.67. The first kappa shape index (κ1) is 15.4. The molecule has 2 atom stereocenters. The minimum Gasteiger partial charge on any atom is -0.313 e. The molecule has 1 N–H and O–H groups in total. The molecule has 0 aromatic heterocycles. The van der Waals surface area contributed by atoms with Gasteiger partial charge in [0, 0.05) is 11.3 Å². The van der Waals surface area contributed by atoms with Crippen molar-refractivity contribution in [1.29, 1.82) is 0 Å². The summed E-state index contributed by atoms with van der Waals surface area (Å²) in [6, 6.07) is 0.795. The van der Waals surface area contributed by atoms with Crippen LogP contribution in [0.3, 0.4) is 0 Å². The van der Waals surface area contributed by atoms with Crippen LogP contribution in [0.1, 0.15) is 71.6 Å². The van der Waals surface area contributed by atoms with E-state index >= 15 is 0 Å². The Hall–Kier alpha value is 0.310. The molecule has 17 heavy (non-hydrogen) atoms. The van der Waals surface area contributed by atoms with Crippen molar-refractivity contribution in [3.63, 3.8) is 0 Å². The topological polar surface area (TPSA) is 12.0 Å². The molecule has 0 saturated heterocycles. The standard InChI is InChI=1S/C15H31NS/c1-3-5-9-13-17-15-11-8-6-7-10-14(15)16-12-4-2/h14-16H,3-13H2,1-2H3. The highest BCUT2D eigenvalue weighted by Crippen LogP contribution is 2.28. The average molecular weight is 257 g/mol. The second-order valence-electron chi connectivity index (χ2n) is 5.31. The highest BCUT2D eigenvalue weighted by Gasteiger charge is 2.22. The fourth-order valence-electron chi connectivity index (χ4n) is 2.62. The van der Waals surface area contributed by atoms with Crippen molar-refractivity contribution in [3.05, 3.63) is 0 Å². The molecule has 2 heteroatoms. The molecule has 102 valence electrons. The minimum absolute atomic E-state index is 0.795. The van der Waals surface area contributed by atoms with E-state index < -0.39 is 0 Å². The monoisotopic (exact) mass is 257 g/mol. The van der Waals surface area contributed by atoms with Crippen LogP contribution in [0.5, 0.6) is 0 Å². The van der Waals surface area contributed by atoms with E-state index in [-0.39, 0.29) is 0 Å². The van der Waals surface area contributed by atoms with E-state index in [2.05, 4.69) is 30.9 Å². The quantitative estimate of drug-likeness (QED) is 0.503. The molecule has 0 radical (unpaired) electrons. The molecule has 0 bridgehead atoms. The van der Waals surface area contributed by atoms with Crippen molar-refractivity contribution in [1.82, 2.24) is 5.32 Å². The lowest BCUT2D eigenvalue weighted by Crippen LogP contribution is -2.38. The number of rotatable bonds is 8. The van der Waals surface area contributed by atoms with Crippen LogP contribution in [0.4, 0.5) is 0 Å². The van der Waals surface area contributed by atoms with Crippen LogP contribution < -0.4 is 5.32 Å². The third kappa shape index (κ3) is 6.71. The molecule has 1 fully saturated rings. The SMILES string of the molecule is CCCCCSC1CCCCCC1NCCC. The van der Waals surface area contributed by atoms with Gasteiger partial charge in [0.05, 0.1) is 0 Å². The van der Waals surface area contributed by atoms with Gasteiger partial charge in [0.1, 0.15) is 0 Å². The summed E-state index contributed by atoms with van der Waals surface area (Å²) in [6.45, 7) is 5.77. The highest BCUT2D eigenvalue weighted by molar-refractivity contribution is 7.99. The Morgan fingerprint density at radius 3 is 2.59 bits per heavy atom. The van der Waals surface area contributed by atoms with E-state index in [1.54, 1.807) is 0 Å². The van der Waals surface area contributed by atoms with E-state index in [1.807, 2.05) is 0 Å². The zero-order chi connectivity index (χ0) is 12.3. The maximum Gasteiger partial charge on any atom is 0.0201 e. The fraction of sp³-hybridized carbons (Fsp3) is 1.00. The third-order valence-electron chi connectivity index (χ3n) is 3.69. The van der Waals surface area contributed by atoms with Crippen LogP contribution in [0.2, 0.25) is 0 Å². The predicted molar refractivity (Wildman–Crippen MR) is 80.9 cm³/mol. The number of nitrogens with one attached hydrogen (secondary N) is 1. The van der Waals surface area contributed by atoms with Crippen molar-refractivity contribution in [3.8, 4) is 0 Å². The lowest BCUT2D eigenvalue weighted by molar-refractivity contribution is 0.470. The van der Waals surface area contributed by atoms with Gasteiger partial charge in [-0.05, 0) is 38.0 Å². The van der Waals surface area contributed by atoms with Gasteiger partial charge in [-0.25, -0.2) is 0 Å². The summed E-state index contributed by atoms with van der Waals surface area (Å²) in [7, 11) is 0. The van der Waals surface area contributed by atoms with E-state index in [1.165, 1.54) is 70.1 Å². The van der Waals surface area contributed by atoms with Gasteiger partial charge >= 0.3 is 0 Å². The summed E-state index contributed by atoms with van der Waals surface area (Å²) in [4.78, 5) is 0. The molecular weight excluding hydrogens is 226 g/mol. The van der Waals surface area contributed by atoms with Gasteiger partial charge in [-0.1, -0.05) is 46.0 Å². The zero-order valence-corrected chi connectivity index (χ0v) is 12.7. The molecule has 1 nitrogen and oxygen atoms in total. The number of hydrogen-bond donors (Lipinski definition) is 1. The molecule has 1 aliphatic rings. The summed E-state index contributed by atoms with van der Waals surface area (Å²) in [5.41, 5.74) is 0. The molecule has 0 heterocycles. The average Bonchev–Trinajstić information content (AvgIpc) is 2.57. The Bertz CT molecular complexity index is 172. The van der Waals surface area contributed by atoms with Gasteiger partial charge in [-0.15, -0.1) is 0 Å². The normalized spacial score (nSPS) is 25.8. The van der Waals surface area contributed by atoms with Gasteiger partial charge in [0.15, 0.2) is 0 Å². The molecule has 0 aromatic carbocycles. The number of unbranched alkanes of at least 4 members (excludes halogenated alkanes) is 2. The number of thioether (sulfide) groups is 1. The summed E-state index contributed by atoms with van der Waals surface area (Å²) >= 11 is 2.25. The first-order chi connectivity index (χ1) is 8.38. The van der Waals surface area contributed by atoms with Crippen LogP contribution in [0.15, 0.2) is 0 Å². The minimum atomic E-state index is 0.795. The maximum atomic E-state index is 3.78. The Labute approximate surface area is 113 Å². The Morgan fingerprint density at radius 1 is 1.00 bits per heavy atom. The van der Waals surface area contributed by atoms with E-state index in [4.69, 9.17) is 0 Å². The summed E-state index contributed by atoms with van der Waals surface area (Å²) in [6.07, 6.45) is 12.6. The fourth-order valence-corrected chi connectivity index (χ4v) is 4.09. The molecule has 0 spiro atoms. The van der Waals surface area contributed by atoms with Crippen molar-refractivity contribution in [2.24, 2.45) is 0 Å². The molecular formula is C15H31NS. The van der Waals surface area contributed by atoms with Crippen molar-refractivity contribution >= 4 is 11.8 Å². The van der Waals surface area contributed by atoms with Crippen LogP contribution in [-0.2, 0) is 0 Å². The van der Waals surface area contributed by atoms with Crippen molar-refractivity contribution in [2.75, 3.05) is 12.3 Å². The van der Waals surface area contributed by atoms with Crippen molar-refractivity contribution < 1.29 is 0 Å². The van der Waals surface area contributed by atoms with Crippen LogP contribution in [0.25, 0.3) is 0 Å². The smallest absolute Gasteiger partial charge is 0.0201 e. The second kappa shape index (κ2) is 10.3. The molecule has 0 amide bonds. The molecule has 1 aliphatic carbocycles. The van der Waals surface area contributed by atoms with Crippen LogP contribution in [0, 0.1) is 0 Å².